The maximum absolute atomic E-state index is 13.4. The summed E-state index contributed by atoms with van der Waals surface area (Å²) in [5.74, 6) is -0.607. The van der Waals surface area contributed by atoms with Gasteiger partial charge < -0.3 is 14.5 Å². The first-order valence-electron chi connectivity index (χ1n) is 12.1. The van der Waals surface area contributed by atoms with Crippen molar-refractivity contribution in [2.45, 2.75) is 6.04 Å². The van der Waals surface area contributed by atoms with E-state index in [-0.39, 0.29) is 12.2 Å². The highest BCUT2D eigenvalue weighted by Gasteiger charge is 2.21. The second-order valence-corrected chi connectivity index (χ2v) is 11.1. The number of hydrogen-bond donors (Lipinski definition) is 1. The predicted molar refractivity (Wildman–Crippen MR) is 153 cm³/mol. The Bertz CT molecular complexity index is 1870. The molecule has 0 saturated heterocycles. The molecule has 3 aromatic heterocycles. The van der Waals surface area contributed by atoms with Crippen LogP contribution in [0.4, 0.5) is 5.69 Å². The van der Waals surface area contributed by atoms with Crippen LogP contribution in [0.3, 0.4) is 0 Å². The number of benzene rings is 2. The highest BCUT2D eigenvalue weighted by atomic mass is 35.5. The molecule has 0 radical (unpaired) electrons. The summed E-state index contributed by atoms with van der Waals surface area (Å²) < 4.78 is 31.5. The number of halogens is 1. The first kappa shape index (κ1) is 27.3. The van der Waals surface area contributed by atoms with Crippen LogP contribution in [0.1, 0.15) is 22.0 Å². The smallest absolute Gasteiger partial charge is 0.264 e. The van der Waals surface area contributed by atoms with Gasteiger partial charge in [-0.3, -0.25) is 13.8 Å². The number of nitrogens with zero attached hydrogens (tertiary/aromatic N) is 4. The van der Waals surface area contributed by atoms with Crippen molar-refractivity contribution in [2.24, 2.45) is 7.05 Å². The Morgan fingerprint density at radius 3 is 2.48 bits per heavy atom. The second kappa shape index (κ2) is 11.0. The van der Waals surface area contributed by atoms with Gasteiger partial charge in [0.15, 0.2) is 0 Å². The number of anilines is 1. The molecule has 5 aromatic rings. The minimum Gasteiger partial charge on any atom is -0.335 e. The normalized spacial score (nSPS) is 12.4. The van der Waals surface area contributed by atoms with Gasteiger partial charge >= 0.3 is 0 Å². The number of fused-ring (bicyclic) bond motifs is 1. The molecule has 40 heavy (non-hydrogen) atoms. The van der Waals surface area contributed by atoms with Crippen molar-refractivity contribution in [3.05, 3.63) is 112 Å². The van der Waals surface area contributed by atoms with E-state index in [0.29, 0.717) is 22.1 Å². The van der Waals surface area contributed by atoms with Gasteiger partial charge in [-0.2, -0.15) is 8.42 Å². The molecule has 2 aromatic carbocycles. The monoisotopic (exact) mass is 577 g/mol. The zero-order valence-electron chi connectivity index (χ0n) is 21.5. The minimum absolute atomic E-state index is 0.107. The average Bonchev–Trinajstić information content (AvgIpc) is 3.27. The lowest BCUT2D eigenvalue weighted by Crippen LogP contribution is -2.33. The lowest BCUT2D eigenvalue weighted by atomic mass is 10.1. The maximum atomic E-state index is 13.4. The van der Waals surface area contributed by atoms with Gasteiger partial charge in [-0.25, -0.2) is 9.97 Å². The zero-order chi connectivity index (χ0) is 28.4. The van der Waals surface area contributed by atoms with E-state index in [0.717, 1.165) is 22.8 Å². The first-order chi connectivity index (χ1) is 19.1. The van der Waals surface area contributed by atoms with Crippen LogP contribution >= 0.6 is 11.6 Å². The van der Waals surface area contributed by atoms with E-state index in [2.05, 4.69) is 15.3 Å². The van der Waals surface area contributed by atoms with E-state index in [9.17, 15) is 18.0 Å². The van der Waals surface area contributed by atoms with Gasteiger partial charge in [0.25, 0.3) is 21.6 Å². The Balaban J connectivity index is 1.41. The molecule has 1 N–H and O–H groups in total. The Morgan fingerprint density at radius 1 is 1.05 bits per heavy atom. The maximum Gasteiger partial charge on any atom is 0.264 e. The third kappa shape index (κ3) is 5.67. The summed E-state index contributed by atoms with van der Waals surface area (Å²) in [6.45, 7) is -0.307. The molecule has 0 aliphatic rings. The molecule has 204 valence electrons. The van der Waals surface area contributed by atoms with Gasteiger partial charge in [0, 0.05) is 30.7 Å². The van der Waals surface area contributed by atoms with E-state index in [1.165, 1.54) is 23.2 Å². The molecular weight excluding hydrogens is 554 g/mol. The minimum atomic E-state index is -3.76. The first-order valence-corrected chi connectivity index (χ1v) is 14.3. The number of amides is 1. The molecule has 0 spiro atoms. The molecule has 1 amide bonds. The van der Waals surface area contributed by atoms with E-state index in [1.54, 1.807) is 48.5 Å². The molecule has 3 heterocycles. The Kier molecular flexibility index (Phi) is 7.53. The van der Waals surface area contributed by atoms with Crippen LogP contribution in [-0.2, 0) is 21.3 Å². The number of pyridine rings is 1. The molecule has 1 unspecified atom stereocenters. The van der Waals surface area contributed by atoms with E-state index >= 15 is 0 Å². The molecule has 0 bridgehead atoms. The van der Waals surface area contributed by atoms with Crippen LogP contribution in [0.15, 0.2) is 90.2 Å². The van der Waals surface area contributed by atoms with E-state index < -0.39 is 27.6 Å². The van der Waals surface area contributed by atoms with Gasteiger partial charge in [-0.05, 0) is 35.4 Å². The highest BCUT2D eigenvalue weighted by molar-refractivity contribution is 7.85. The van der Waals surface area contributed by atoms with Crippen molar-refractivity contribution in [2.75, 3.05) is 18.2 Å². The average molecular weight is 578 g/mol. The molecule has 12 heteroatoms. The quantitative estimate of drug-likeness (QED) is 0.216. The molecule has 1 atom stereocenters. The van der Waals surface area contributed by atoms with E-state index in [4.69, 9.17) is 15.8 Å². The fourth-order valence-corrected chi connectivity index (χ4v) is 5.06. The third-order valence-electron chi connectivity index (χ3n) is 6.34. The van der Waals surface area contributed by atoms with Crippen molar-refractivity contribution in [3.63, 3.8) is 0 Å². The molecule has 10 nitrogen and oxygen atoms in total. The summed E-state index contributed by atoms with van der Waals surface area (Å²) >= 11 is 6.33. The third-order valence-corrected chi connectivity index (χ3v) is 7.19. The zero-order valence-corrected chi connectivity index (χ0v) is 23.1. The fraction of sp³-hybridized carbons (Fsp3) is 0.143. The van der Waals surface area contributed by atoms with Gasteiger partial charge in [0.05, 0.1) is 24.3 Å². The van der Waals surface area contributed by atoms with Crippen LogP contribution in [-0.4, -0.2) is 46.3 Å². The molecule has 0 aliphatic carbocycles. The lowest BCUT2D eigenvalue weighted by Gasteiger charge is -2.20. The van der Waals surface area contributed by atoms with Gasteiger partial charge in [0.1, 0.15) is 22.7 Å². The van der Waals surface area contributed by atoms with Crippen LogP contribution < -0.4 is 10.9 Å². The van der Waals surface area contributed by atoms with E-state index in [1.807, 2.05) is 29.9 Å². The van der Waals surface area contributed by atoms with Crippen LogP contribution in [0, 0.1) is 0 Å². The molecule has 0 saturated carbocycles. The number of carbonyl (C=O) groups is 1. The largest absolute Gasteiger partial charge is 0.335 e. The SMILES string of the molecule is Cn1cc(-c2ccc(NC(=O)c3cccn(C(COS(C)(=O)=O)c4ccccc4)c3=O)cc2)c2c(Cl)ncnc21. The number of aromatic nitrogens is 4. The summed E-state index contributed by atoms with van der Waals surface area (Å²) in [5.41, 5.74) is 2.82. The predicted octanol–water partition coefficient (Wildman–Crippen LogP) is 4.27. The van der Waals surface area contributed by atoms with Crippen LogP contribution in [0.2, 0.25) is 5.15 Å². The molecule has 5 rings (SSSR count). The fourth-order valence-electron chi connectivity index (χ4n) is 4.45. The van der Waals surface area contributed by atoms with Crippen LogP contribution in [0.5, 0.6) is 0 Å². The van der Waals surface area contributed by atoms with Gasteiger partial charge in [-0.1, -0.05) is 54.1 Å². The standard InChI is InChI=1S/C28H24ClN5O5S/c1-33-15-22(24-25(29)30-17-31-26(24)33)18-10-12-20(13-11-18)32-27(35)21-9-6-14-34(28(21)36)23(16-39-40(2,37)38)19-7-4-3-5-8-19/h3-15,17,23H,16H2,1-2H3,(H,32,35). The number of aryl methyl sites for hydroxylation is 1. The summed E-state index contributed by atoms with van der Waals surface area (Å²) in [6, 6.07) is 18.2. The van der Waals surface area contributed by atoms with Crippen molar-refractivity contribution in [1.29, 1.82) is 0 Å². The Hall–Kier alpha value is -4.32. The summed E-state index contributed by atoms with van der Waals surface area (Å²) in [6.07, 6.45) is 5.75. The topological polar surface area (TPSA) is 125 Å². The number of hydrogen-bond acceptors (Lipinski definition) is 7. The van der Waals surface area contributed by atoms with Crippen molar-refractivity contribution >= 4 is 44.3 Å². The van der Waals surface area contributed by atoms with Gasteiger partial charge in [0.2, 0.25) is 0 Å². The van der Waals surface area contributed by atoms with Crippen molar-refractivity contribution in [3.8, 4) is 11.1 Å². The number of nitrogens with one attached hydrogen (secondary N) is 1. The summed E-state index contributed by atoms with van der Waals surface area (Å²) in [4.78, 5) is 34.9. The van der Waals surface area contributed by atoms with Gasteiger partial charge in [-0.15, -0.1) is 0 Å². The molecule has 0 aliphatic heterocycles. The number of rotatable bonds is 8. The summed E-state index contributed by atoms with van der Waals surface area (Å²) in [5, 5.41) is 3.82. The highest BCUT2D eigenvalue weighted by Crippen LogP contribution is 2.33. The molecular formula is C28H24ClN5O5S. The Morgan fingerprint density at radius 2 is 1.77 bits per heavy atom. The second-order valence-electron chi connectivity index (χ2n) is 9.10. The van der Waals surface area contributed by atoms with Crippen molar-refractivity contribution < 1.29 is 17.4 Å². The molecule has 0 fully saturated rings. The lowest BCUT2D eigenvalue weighted by molar-refractivity contribution is 0.102. The van der Waals surface area contributed by atoms with Crippen molar-refractivity contribution in [1.82, 2.24) is 19.1 Å². The summed E-state index contributed by atoms with van der Waals surface area (Å²) in [7, 11) is -1.90. The van der Waals surface area contributed by atoms with Crippen LogP contribution in [0.25, 0.3) is 22.2 Å². The number of carbonyl (C=O) groups excluding carboxylic acids is 1. The Labute approximate surface area is 235 Å².